The summed E-state index contributed by atoms with van der Waals surface area (Å²) in [5.74, 6) is 1.21. The number of carbonyl (C=O) groups excluding carboxylic acids is 1. The quantitative estimate of drug-likeness (QED) is 0.511. The standard InChI is InChI=1S/C24H29N3O5S/c1-4-30-18-11-15(12-19(31-5-2)21(18)32-6-3)13-25-22(28)16-14-26-24-27(23(16)29)17-9-7-8-10-20(17)33-24/h11-12,14H,4-10,13H2,1-3H3,(H,25,28). The second-order valence-electron chi connectivity index (χ2n) is 7.68. The number of nitrogens with zero attached hydrogens (tertiary/aromatic N) is 2. The minimum Gasteiger partial charge on any atom is -0.490 e. The lowest BCUT2D eigenvalue weighted by atomic mass is 10.0. The Morgan fingerprint density at radius 2 is 1.73 bits per heavy atom. The van der Waals surface area contributed by atoms with Crippen LogP contribution in [0.3, 0.4) is 0 Å². The molecule has 8 nitrogen and oxygen atoms in total. The second-order valence-corrected chi connectivity index (χ2v) is 8.74. The Labute approximate surface area is 196 Å². The average Bonchev–Trinajstić information content (AvgIpc) is 3.19. The molecule has 2 aromatic heterocycles. The van der Waals surface area contributed by atoms with Gasteiger partial charge in [-0.1, -0.05) is 0 Å². The van der Waals surface area contributed by atoms with Crippen molar-refractivity contribution in [3.8, 4) is 17.2 Å². The highest BCUT2D eigenvalue weighted by Crippen LogP contribution is 2.39. The van der Waals surface area contributed by atoms with Gasteiger partial charge in [0.1, 0.15) is 5.56 Å². The molecule has 1 aliphatic rings. The van der Waals surface area contributed by atoms with Crippen LogP contribution in [-0.2, 0) is 19.4 Å². The lowest BCUT2D eigenvalue weighted by Crippen LogP contribution is -2.31. The predicted molar refractivity (Wildman–Crippen MR) is 127 cm³/mol. The summed E-state index contributed by atoms with van der Waals surface area (Å²) in [6.45, 7) is 7.29. The molecule has 1 N–H and O–H groups in total. The molecule has 0 atom stereocenters. The zero-order valence-corrected chi connectivity index (χ0v) is 20.0. The molecule has 33 heavy (non-hydrogen) atoms. The monoisotopic (exact) mass is 471 g/mol. The van der Waals surface area contributed by atoms with Crippen LogP contribution in [0.4, 0.5) is 0 Å². The minimum atomic E-state index is -0.456. The van der Waals surface area contributed by atoms with E-state index in [1.165, 1.54) is 11.1 Å². The summed E-state index contributed by atoms with van der Waals surface area (Å²) in [5.41, 5.74) is 1.51. The minimum absolute atomic E-state index is 0.0414. The van der Waals surface area contributed by atoms with Gasteiger partial charge in [-0.25, -0.2) is 4.98 Å². The second kappa shape index (κ2) is 10.2. The molecule has 9 heteroatoms. The number of rotatable bonds is 9. The first-order chi connectivity index (χ1) is 16.1. The van der Waals surface area contributed by atoms with Gasteiger partial charge in [-0.2, -0.15) is 0 Å². The molecule has 0 saturated heterocycles. The van der Waals surface area contributed by atoms with Crippen molar-refractivity contribution in [2.75, 3.05) is 19.8 Å². The summed E-state index contributed by atoms with van der Waals surface area (Å²) in [6.07, 6.45) is 5.35. The number of fused-ring (bicyclic) bond motifs is 3. The van der Waals surface area contributed by atoms with Crippen molar-refractivity contribution in [2.24, 2.45) is 0 Å². The van der Waals surface area contributed by atoms with Gasteiger partial charge >= 0.3 is 0 Å². The Bertz CT molecular complexity index is 1190. The van der Waals surface area contributed by atoms with Crippen LogP contribution >= 0.6 is 11.3 Å². The molecule has 0 bridgehead atoms. The van der Waals surface area contributed by atoms with Gasteiger partial charge in [-0.3, -0.25) is 14.0 Å². The van der Waals surface area contributed by atoms with E-state index < -0.39 is 5.91 Å². The molecule has 0 spiro atoms. The van der Waals surface area contributed by atoms with E-state index in [4.69, 9.17) is 14.2 Å². The Balaban J connectivity index is 1.59. The third kappa shape index (κ3) is 4.68. The molecule has 1 amide bonds. The highest BCUT2D eigenvalue weighted by Gasteiger charge is 2.22. The van der Waals surface area contributed by atoms with Gasteiger partial charge in [0, 0.05) is 23.3 Å². The van der Waals surface area contributed by atoms with Crippen LogP contribution in [0.2, 0.25) is 0 Å². The first kappa shape index (κ1) is 23.1. The molecule has 3 aromatic rings. The van der Waals surface area contributed by atoms with Crippen molar-refractivity contribution >= 4 is 22.2 Å². The molecule has 0 unspecified atom stereocenters. The first-order valence-corrected chi connectivity index (χ1v) is 12.2. The average molecular weight is 472 g/mol. The topological polar surface area (TPSA) is 91.2 Å². The van der Waals surface area contributed by atoms with Gasteiger partial charge in [0.05, 0.1) is 19.8 Å². The van der Waals surface area contributed by atoms with E-state index in [1.807, 2.05) is 32.9 Å². The van der Waals surface area contributed by atoms with E-state index in [0.717, 1.165) is 36.9 Å². The molecule has 0 fully saturated rings. The number of aryl methyl sites for hydroxylation is 2. The SMILES string of the molecule is CCOc1cc(CNC(=O)c2cnc3sc4c(n3c2=O)CCCC4)cc(OCC)c1OCC. The van der Waals surface area contributed by atoms with Gasteiger partial charge in [-0.15, -0.1) is 11.3 Å². The van der Waals surface area contributed by atoms with Crippen LogP contribution in [0, 0.1) is 0 Å². The summed E-state index contributed by atoms with van der Waals surface area (Å²) in [5, 5.41) is 2.84. The molecule has 2 heterocycles. The molecule has 4 rings (SSSR count). The predicted octanol–water partition coefficient (Wildman–Crippen LogP) is 3.76. The number of ether oxygens (including phenoxy) is 3. The molecule has 0 radical (unpaired) electrons. The zero-order chi connectivity index (χ0) is 23.4. The Kier molecular flexibility index (Phi) is 7.17. The molecular weight excluding hydrogens is 442 g/mol. The van der Waals surface area contributed by atoms with Crippen molar-refractivity contribution < 1.29 is 19.0 Å². The van der Waals surface area contributed by atoms with Crippen molar-refractivity contribution in [2.45, 2.75) is 53.0 Å². The highest BCUT2D eigenvalue weighted by molar-refractivity contribution is 7.17. The number of benzene rings is 1. The maximum Gasteiger partial charge on any atom is 0.271 e. The number of nitrogens with one attached hydrogen (secondary N) is 1. The summed E-state index contributed by atoms with van der Waals surface area (Å²) in [4.78, 5) is 32.3. The Morgan fingerprint density at radius 3 is 2.39 bits per heavy atom. The van der Waals surface area contributed by atoms with Gasteiger partial charge in [0.2, 0.25) is 5.75 Å². The van der Waals surface area contributed by atoms with Crippen molar-refractivity contribution in [1.82, 2.24) is 14.7 Å². The van der Waals surface area contributed by atoms with E-state index in [9.17, 15) is 9.59 Å². The fourth-order valence-electron chi connectivity index (χ4n) is 4.05. The van der Waals surface area contributed by atoms with Crippen LogP contribution in [0.25, 0.3) is 4.96 Å². The maximum absolute atomic E-state index is 13.1. The van der Waals surface area contributed by atoms with E-state index in [-0.39, 0.29) is 17.7 Å². The Morgan fingerprint density at radius 1 is 1.06 bits per heavy atom. The van der Waals surface area contributed by atoms with E-state index >= 15 is 0 Å². The third-order valence-corrected chi connectivity index (χ3v) is 6.63. The lowest BCUT2D eigenvalue weighted by Gasteiger charge is -2.17. The summed E-state index contributed by atoms with van der Waals surface area (Å²) in [6, 6.07) is 3.64. The van der Waals surface area contributed by atoms with Crippen LogP contribution in [0.15, 0.2) is 23.1 Å². The molecule has 0 saturated carbocycles. The van der Waals surface area contributed by atoms with Gasteiger partial charge in [-0.05, 0) is 64.2 Å². The lowest BCUT2D eigenvalue weighted by molar-refractivity contribution is 0.0948. The number of thiazole rings is 1. The number of carbonyl (C=O) groups is 1. The van der Waals surface area contributed by atoms with Gasteiger partial charge in [0.15, 0.2) is 16.5 Å². The van der Waals surface area contributed by atoms with Crippen molar-refractivity contribution in [3.63, 3.8) is 0 Å². The number of hydrogen-bond donors (Lipinski definition) is 1. The fraction of sp³-hybridized carbons (Fsp3) is 0.458. The Hall–Kier alpha value is -3.07. The number of hydrogen-bond acceptors (Lipinski definition) is 7. The number of aromatic nitrogens is 2. The summed E-state index contributed by atoms with van der Waals surface area (Å²) >= 11 is 1.54. The summed E-state index contributed by atoms with van der Waals surface area (Å²) < 4.78 is 18.8. The fourth-order valence-corrected chi connectivity index (χ4v) is 5.21. The number of amides is 1. The van der Waals surface area contributed by atoms with Gasteiger partial charge in [0.25, 0.3) is 11.5 Å². The maximum atomic E-state index is 13.1. The largest absolute Gasteiger partial charge is 0.490 e. The van der Waals surface area contributed by atoms with Crippen LogP contribution in [0.5, 0.6) is 17.2 Å². The van der Waals surface area contributed by atoms with Gasteiger partial charge < -0.3 is 19.5 Å². The van der Waals surface area contributed by atoms with Crippen LogP contribution in [-0.4, -0.2) is 35.1 Å². The van der Waals surface area contributed by atoms with Crippen LogP contribution < -0.4 is 25.1 Å². The molecule has 176 valence electrons. The van der Waals surface area contributed by atoms with E-state index in [1.54, 1.807) is 15.7 Å². The smallest absolute Gasteiger partial charge is 0.271 e. The molecule has 1 aromatic carbocycles. The van der Waals surface area contributed by atoms with Crippen molar-refractivity contribution in [3.05, 3.63) is 50.4 Å². The summed E-state index contributed by atoms with van der Waals surface area (Å²) in [7, 11) is 0. The van der Waals surface area contributed by atoms with Crippen molar-refractivity contribution in [1.29, 1.82) is 0 Å². The zero-order valence-electron chi connectivity index (χ0n) is 19.2. The molecule has 1 aliphatic carbocycles. The normalized spacial score (nSPS) is 12.9. The third-order valence-electron chi connectivity index (χ3n) is 5.47. The highest BCUT2D eigenvalue weighted by atomic mass is 32.1. The van der Waals surface area contributed by atoms with E-state index in [2.05, 4.69) is 10.3 Å². The van der Waals surface area contributed by atoms with Crippen LogP contribution in [0.1, 0.15) is 60.1 Å². The van der Waals surface area contributed by atoms with E-state index in [0.29, 0.717) is 42.0 Å². The molecular formula is C24H29N3O5S. The first-order valence-electron chi connectivity index (χ1n) is 11.4. The molecule has 0 aliphatic heterocycles.